The lowest BCUT2D eigenvalue weighted by atomic mass is 10.1. The van der Waals surface area contributed by atoms with Crippen LogP contribution in [0.2, 0.25) is 0 Å². The summed E-state index contributed by atoms with van der Waals surface area (Å²) < 4.78 is 5.42. The standard InChI is InChI=1S/C15H18N2O/c1-3-18-14-7-4-12(5-8-14)15-9-6-13(10-16)11(2)17-15/h4-9H,3,10,16H2,1-2H3. The first-order valence-corrected chi connectivity index (χ1v) is 6.14. The maximum absolute atomic E-state index is 5.64. The Morgan fingerprint density at radius 2 is 1.83 bits per heavy atom. The highest BCUT2D eigenvalue weighted by molar-refractivity contribution is 5.60. The summed E-state index contributed by atoms with van der Waals surface area (Å²) in [5, 5.41) is 0. The number of hydrogen-bond acceptors (Lipinski definition) is 3. The summed E-state index contributed by atoms with van der Waals surface area (Å²) in [6.07, 6.45) is 0. The van der Waals surface area contributed by atoms with Gasteiger partial charge in [-0.1, -0.05) is 6.07 Å². The maximum Gasteiger partial charge on any atom is 0.119 e. The zero-order chi connectivity index (χ0) is 13.0. The van der Waals surface area contributed by atoms with Crippen molar-refractivity contribution in [3.05, 3.63) is 47.7 Å². The van der Waals surface area contributed by atoms with E-state index < -0.39 is 0 Å². The second-order valence-electron chi connectivity index (χ2n) is 4.10. The van der Waals surface area contributed by atoms with Gasteiger partial charge in [0.25, 0.3) is 0 Å². The van der Waals surface area contributed by atoms with Gasteiger partial charge in [-0.2, -0.15) is 0 Å². The summed E-state index contributed by atoms with van der Waals surface area (Å²) in [5.74, 6) is 0.886. The molecule has 94 valence electrons. The van der Waals surface area contributed by atoms with Crippen molar-refractivity contribution in [2.75, 3.05) is 6.61 Å². The number of rotatable bonds is 4. The third-order valence-corrected chi connectivity index (χ3v) is 2.88. The van der Waals surface area contributed by atoms with Crippen molar-refractivity contribution in [2.24, 2.45) is 5.73 Å². The molecule has 1 aromatic heterocycles. The molecule has 1 heterocycles. The smallest absolute Gasteiger partial charge is 0.119 e. The summed E-state index contributed by atoms with van der Waals surface area (Å²) in [6.45, 7) is 5.18. The van der Waals surface area contributed by atoms with Crippen LogP contribution in [0.25, 0.3) is 11.3 Å². The molecule has 0 radical (unpaired) electrons. The van der Waals surface area contributed by atoms with Gasteiger partial charge in [-0.3, -0.25) is 4.98 Å². The molecule has 3 nitrogen and oxygen atoms in total. The number of nitrogens with zero attached hydrogens (tertiary/aromatic N) is 1. The van der Waals surface area contributed by atoms with Gasteiger partial charge in [-0.25, -0.2) is 0 Å². The van der Waals surface area contributed by atoms with Gasteiger partial charge in [0, 0.05) is 17.8 Å². The number of benzene rings is 1. The third-order valence-electron chi connectivity index (χ3n) is 2.88. The molecular weight excluding hydrogens is 224 g/mol. The lowest BCUT2D eigenvalue weighted by Crippen LogP contribution is -2.01. The van der Waals surface area contributed by atoms with E-state index >= 15 is 0 Å². The minimum atomic E-state index is 0.530. The van der Waals surface area contributed by atoms with Crippen LogP contribution in [0.3, 0.4) is 0 Å². The molecule has 1 aromatic carbocycles. The highest BCUT2D eigenvalue weighted by Gasteiger charge is 2.03. The Balaban J connectivity index is 2.28. The van der Waals surface area contributed by atoms with Crippen molar-refractivity contribution in [3.8, 4) is 17.0 Å². The Kier molecular flexibility index (Phi) is 3.95. The summed E-state index contributed by atoms with van der Waals surface area (Å²) in [4.78, 5) is 4.57. The topological polar surface area (TPSA) is 48.1 Å². The third kappa shape index (κ3) is 2.68. The van der Waals surface area contributed by atoms with Crippen LogP contribution in [0.1, 0.15) is 18.2 Å². The van der Waals surface area contributed by atoms with E-state index in [9.17, 15) is 0 Å². The molecule has 18 heavy (non-hydrogen) atoms. The fourth-order valence-corrected chi connectivity index (χ4v) is 1.85. The van der Waals surface area contributed by atoms with Gasteiger partial charge in [0.2, 0.25) is 0 Å². The van der Waals surface area contributed by atoms with Crippen LogP contribution in [0, 0.1) is 6.92 Å². The van der Waals surface area contributed by atoms with Gasteiger partial charge < -0.3 is 10.5 Å². The molecule has 0 unspecified atom stereocenters. The van der Waals surface area contributed by atoms with E-state index in [1.165, 1.54) is 0 Å². The van der Waals surface area contributed by atoms with Crippen molar-refractivity contribution in [2.45, 2.75) is 20.4 Å². The van der Waals surface area contributed by atoms with Crippen molar-refractivity contribution in [1.29, 1.82) is 0 Å². The predicted molar refractivity (Wildman–Crippen MR) is 73.5 cm³/mol. The number of aromatic nitrogens is 1. The van der Waals surface area contributed by atoms with E-state index in [0.29, 0.717) is 13.2 Å². The molecule has 2 N–H and O–H groups in total. The molecule has 0 aliphatic heterocycles. The van der Waals surface area contributed by atoms with Gasteiger partial charge in [0.15, 0.2) is 0 Å². The number of nitrogens with two attached hydrogens (primary N) is 1. The molecule has 0 aliphatic rings. The number of pyridine rings is 1. The van der Waals surface area contributed by atoms with Crippen LogP contribution in [0.15, 0.2) is 36.4 Å². The highest BCUT2D eigenvalue weighted by atomic mass is 16.5. The van der Waals surface area contributed by atoms with Crippen LogP contribution in [-0.4, -0.2) is 11.6 Å². The Bertz CT molecular complexity index is 521. The second-order valence-corrected chi connectivity index (χ2v) is 4.10. The summed E-state index contributed by atoms with van der Waals surface area (Å²) in [6, 6.07) is 12.0. The first-order chi connectivity index (χ1) is 8.74. The van der Waals surface area contributed by atoms with Crippen molar-refractivity contribution in [1.82, 2.24) is 4.98 Å². The Hall–Kier alpha value is -1.87. The molecule has 2 rings (SSSR count). The minimum Gasteiger partial charge on any atom is -0.494 e. The molecule has 0 aliphatic carbocycles. The molecule has 0 spiro atoms. The van der Waals surface area contributed by atoms with Crippen molar-refractivity contribution < 1.29 is 4.74 Å². The van der Waals surface area contributed by atoms with Gasteiger partial charge >= 0.3 is 0 Å². The quantitative estimate of drug-likeness (QED) is 0.896. The monoisotopic (exact) mass is 242 g/mol. The SMILES string of the molecule is CCOc1ccc(-c2ccc(CN)c(C)n2)cc1. The summed E-state index contributed by atoms with van der Waals surface area (Å²) in [5.41, 5.74) is 9.77. The van der Waals surface area contributed by atoms with Crippen LogP contribution in [0.5, 0.6) is 5.75 Å². The van der Waals surface area contributed by atoms with Crippen LogP contribution < -0.4 is 10.5 Å². The van der Waals surface area contributed by atoms with Crippen LogP contribution >= 0.6 is 0 Å². The number of hydrogen-bond donors (Lipinski definition) is 1. The Morgan fingerprint density at radius 1 is 1.11 bits per heavy atom. The maximum atomic E-state index is 5.64. The average molecular weight is 242 g/mol. The summed E-state index contributed by atoms with van der Waals surface area (Å²) >= 11 is 0. The van der Waals surface area contributed by atoms with Gasteiger partial charge in [-0.15, -0.1) is 0 Å². The van der Waals surface area contributed by atoms with E-state index in [4.69, 9.17) is 10.5 Å². The van der Waals surface area contributed by atoms with Gasteiger partial charge in [0.05, 0.1) is 12.3 Å². The minimum absolute atomic E-state index is 0.530. The van der Waals surface area contributed by atoms with E-state index in [1.807, 2.05) is 50.2 Å². The molecule has 0 saturated carbocycles. The lowest BCUT2D eigenvalue weighted by molar-refractivity contribution is 0.340. The molecule has 0 amide bonds. The highest BCUT2D eigenvalue weighted by Crippen LogP contribution is 2.22. The molecule has 3 heteroatoms. The molecule has 0 saturated heterocycles. The van der Waals surface area contributed by atoms with Gasteiger partial charge in [0.1, 0.15) is 5.75 Å². The fraction of sp³-hybridized carbons (Fsp3) is 0.267. The van der Waals surface area contributed by atoms with E-state index in [-0.39, 0.29) is 0 Å². The van der Waals surface area contributed by atoms with E-state index in [1.54, 1.807) is 0 Å². The molecular formula is C15H18N2O. The normalized spacial score (nSPS) is 10.4. The first kappa shape index (κ1) is 12.6. The zero-order valence-electron chi connectivity index (χ0n) is 10.8. The Labute approximate surface area is 108 Å². The van der Waals surface area contributed by atoms with Crippen molar-refractivity contribution >= 4 is 0 Å². The fourth-order valence-electron chi connectivity index (χ4n) is 1.85. The predicted octanol–water partition coefficient (Wildman–Crippen LogP) is 2.91. The average Bonchev–Trinajstić information content (AvgIpc) is 2.40. The Morgan fingerprint density at radius 3 is 2.39 bits per heavy atom. The van der Waals surface area contributed by atoms with Crippen LogP contribution in [-0.2, 0) is 6.54 Å². The second kappa shape index (κ2) is 5.65. The van der Waals surface area contributed by atoms with Gasteiger partial charge in [-0.05, 0) is 49.7 Å². The van der Waals surface area contributed by atoms with E-state index in [2.05, 4.69) is 4.98 Å². The van der Waals surface area contributed by atoms with Crippen molar-refractivity contribution in [3.63, 3.8) is 0 Å². The lowest BCUT2D eigenvalue weighted by Gasteiger charge is -2.07. The molecule has 0 atom stereocenters. The molecule has 0 fully saturated rings. The van der Waals surface area contributed by atoms with Crippen LogP contribution in [0.4, 0.5) is 0 Å². The molecule has 0 bridgehead atoms. The number of aryl methyl sites for hydroxylation is 1. The molecule has 2 aromatic rings. The largest absolute Gasteiger partial charge is 0.494 e. The summed E-state index contributed by atoms with van der Waals surface area (Å²) in [7, 11) is 0. The van der Waals surface area contributed by atoms with E-state index in [0.717, 1.165) is 28.3 Å². The number of ether oxygens (including phenoxy) is 1. The first-order valence-electron chi connectivity index (χ1n) is 6.14. The zero-order valence-corrected chi connectivity index (χ0v) is 10.8.